The Hall–Kier alpha value is -1.11. The van der Waals surface area contributed by atoms with Gasteiger partial charge < -0.3 is 15.0 Å². The summed E-state index contributed by atoms with van der Waals surface area (Å²) in [6, 6.07) is 0.666. The third-order valence-electron chi connectivity index (χ3n) is 6.81. The number of likely N-dealkylation sites (tertiary alicyclic amines) is 2. The van der Waals surface area contributed by atoms with Crippen LogP contribution in [0.2, 0.25) is 0 Å². The van der Waals surface area contributed by atoms with Crippen LogP contribution in [0.15, 0.2) is 17.1 Å². The smallest absolute Gasteiger partial charge is 0.193 e. The fourth-order valence-corrected chi connectivity index (χ4v) is 5.15. The Labute approximate surface area is 158 Å². The standard InChI is InChI=1S/C20H35N5O/c1-21-19(24-13-6-18(16-24)23-9-2-3-10-23)22-17-20(7-14-26-15-8-20)25-11-4-5-12-25/h2-3,18H,4-17H2,1H3,(H,21,22). The van der Waals surface area contributed by atoms with Crippen molar-refractivity contribution in [2.45, 2.75) is 43.7 Å². The topological polar surface area (TPSA) is 43.3 Å². The first kappa shape index (κ1) is 18.3. The maximum atomic E-state index is 5.68. The molecule has 4 heterocycles. The molecular weight excluding hydrogens is 326 g/mol. The van der Waals surface area contributed by atoms with Crippen molar-refractivity contribution in [1.82, 2.24) is 20.0 Å². The van der Waals surface area contributed by atoms with Gasteiger partial charge in [-0.1, -0.05) is 12.2 Å². The van der Waals surface area contributed by atoms with E-state index in [0.29, 0.717) is 6.04 Å². The number of nitrogens with zero attached hydrogens (tertiary/aromatic N) is 4. The predicted molar refractivity (Wildman–Crippen MR) is 106 cm³/mol. The first-order chi connectivity index (χ1) is 12.8. The van der Waals surface area contributed by atoms with Crippen LogP contribution in [-0.2, 0) is 4.74 Å². The Bertz CT molecular complexity index is 514. The van der Waals surface area contributed by atoms with Gasteiger partial charge in [0.25, 0.3) is 0 Å². The maximum absolute atomic E-state index is 5.68. The van der Waals surface area contributed by atoms with Crippen LogP contribution < -0.4 is 5.32 Å². The van der Waals surface area contributed by atoms with Crippen molar-refractivity contribution in [3.8, 4) is 0 Å². The van der Waals surface area contributed by atoms with E-state index in [2.05, 4.69) is 37.2 Å². The lowest BCUT2D eigenvalue weighted by atomic mass is 9.88. The minimum absolute atomic E-state index is 0.253. The van der Waals surface area contributed by atoms with Gasteiger partial charge in [0.15, 0.2) is 5.96 Å². The molecule has 0 aliphatic carbocycles. The molecule has 4 aliphatic heterocycles. The van der Waals surface area contributed by atoms with Crippen molar-refractivity contribution >= 4 is 5.96 Å². The van der Waals surface area contributed by atoms with Crippen LogP contribution in [0, 0.1) is 0 Å². The van der Waals surface area contributed by atoms with Crippen LogP contribution in [0.1, 0.15) is 32.1 Å². The van der Waals surface area contributed by atoms with Crippen molar-refractivity contribution in [2.75, 3.05) is 66.1 Å². The second-order valence-corrected chi connectivity index (χ2v) is 8.25. The van der Waals surface area contributed by atoms with E-state index in [1.165, 1.54) is 32.4 Å². The lowest BCUT2D eigenvalue weighted by molar-refractivity contribution is -0.0166. The van der Waals surface area contributed by atoms with Gasteiger partial charge in [0.1, 0.15) is 0 Å². The summed E-state index contributed by atoms with van der Waals surface area (Å²) in [5.74, 6) is 1.09. The minimum atomic E-state index is 0.253. The monoisotopic (exact) mass is 361 g/mol. The second-order valence-electron chi connectivity index (χ2n) is 8.25. The van der Waals surface area contributed by atoms with Gasteiger partial charge in [-0.05, 0) is 45.2 Å². The summed E-state index contributed by atoms with van der Waals surface area (Å²) in [7, 11) is 1.93. The lowest BCUT2D eigenvalue weighted by Gasteiger charge is -2.45. The molecule has 146 valence electrons. The largest absolute Gasteiger partial charge is 0.381 e. The Morgan fingerprint density at radius 2 is 1.88 bits per heavy atom. The zero-order valence-electron chi connectivity index (χ0n) is 16.3. The van der Waals surface area contributed by atoms with Crippen molar-refractivity contribution in [3.63, 3.8) is 0 Å². The molecule has 3 saturated heterocycles. The van der Waals surface area contributed by atoms with Gasteiger partial charge in [-0.3, -0.25) is 14.8 Å². The molecule has 0 radical (unpaired) electrons. The number of rotatable bonds is 4. The van der Waals surface area contributed by atoms with Gasteiger partial charge in [0.05, 0.1) is 0 Å². The molecule has 26 heavy (non-hydrogen) atoms. The number of hydrogen-bond acceptors (Lipinski definition) is 4. The highest BCUT2D eigenvalue weighted by atomic mass is 16.5. The summed E-state index contributed by atoms with van der Waals surface area (Å²) in [6.07, 6.45) is 10.8. The van der Waals surface area contributed by atoms with E-state index >= 15 is 0 Å². The van der Waals surface area contributed by atoms with E-state index < -0.39 is 0 Å². The van der Waals surface area contributed by atoms with Gasteiger partial charge >= 0.3 is 0 Å². The number of hydrogen-bond donors (Lipinski definition) is 1. The molecule has 0 amide bonds. The van der Waals surface area contributed by atoms with E-state index in [9.17, 15) is 0 Å². The Morgan fingerprint density at radius 3 is 2.58 bits per heavy atom. The summed E-state index contributed by atoms with van der Waals surface area (Å²) < 4.78 is 5.68. The maximum Gasteiger partial charge on any atom is 0.193 e. The van der Waals surface area contributed by atoms with Crippen LogP contribution in [0.3, 0.4) is 0 Å². The molecule has 0 bridgehead atoms. The lowest BCUT2D eigenvalue weighted by Crippen LogP contribution is -2.59. The normalized spacial score (nSPS) is 30.4. The Morgan fingerprint density at radius 1 is 1.15 bits per heavy atom. The van der Waals surface area contributed by atoms with E-state index in [-0.39, 0.29) is 5.54 Å². The molecule has 4 aliphatic rings. The molecule has 0 aromatic rings. The van der Waals surface area contributed by atoms with Crippen molar-refractivity contribution in [1.29, 1.82) is 0 Å². The van der Waals surface area contributed by atoms with Gasteiger partial charge in [0.2, 0.25) is 0 Å². The van der Waals surface area contributed by atoms with Crippen LogP contribution in [-0.4, -0.2) is 98.3 Å². The average molecular weight is 362 g/mol. The first-order valence-corrected chi connectivity index (χ1v) is 10.5. The van der Waals surface area contributed by atoms with E-state index in [1.54, 1.807) is 0 Å². The third-order valence-corrected chi connectivity index (χ3v) is 6.81. The summed E-state index contributed by atoms with van der Waals surface area (Å²) in [4.78, 5) is 12.4. The number of aliphatic imine (C=N–C) groups is 1. The molecule has 0 aromatic heterocycles. The fraction of sp³-hybridized carbons (Fsp3) is 0.850. The van der Waals surface area contributed by atoms with Crippen molar-refractivity contribution in [2.24, 2.45) is 4.99 Å². The Balaban J connectivity index is 1.35. The number of guanidine groups is 1. The predicted octanol–water partition coefficient (Wildman–Crippen LogP) is 1.15. The highest BCUT2D eigenvalue weighted by molar-refractivity contribution is 5.80. The molecular formula is C20H35N5O. The highest BCUT2D eigenvalue weighted by Crippen LogP contribution is 2.31. The SMILES string of the molecule is CN=C(NCC1(N2CCCC2)CCOCC1)N1CCC(N2CC=CC2)C1. The van der Waals surface area contributed by atoms with E-state index in [0.717, 1.165) is 64.7 Å². The van der Waals surface area contributed by atoms with E-state index in [4.69, 9.17) is 4.74 Å². The van der Waals surface area contributed by atoms with E-state index in [1.807, 2.05) is 7.05 Å². The molecule has 0 saturated carbocycles. The highest BCUT2D eigenvalue weighted by Gasteiger charge is 2.40. The molecule has 1 N–H and O–H groups in total. The summed E-state index contributed by atoms with van der Waals surface area (Å²) >= 11 is 0. The number of nitrogens with one attached hydrogen (secondary N) is 1. The number of ether oxygens (including phenoxy) is 1. The summed E-state index contributed by atoms with van der Waals surface area (Å²) in [6.45, 7) is 9.71. The zero-order chi connectivity index (χ0) is 17.8. The molecule has 1 unspecified atom stereocenters. The first-order valence-electron chi connectivity index (χ1n) is 10.5. The molecule has 6 heteroatoms. The van der Waals surface area contributed by atoms with Gasteiger partial charge in [-0.25, -0.2) is 0 Å². The zero-order valence-corrected chi connectivity index (χ0v) is 16.3. The summed E-state index contributed by atoms with van der Waals surface area (Å²) in [5.41, 5.74) is 0.253. The van der Waals surface area contributed by atoms with Crippen molar-refractivity contribution < 1.29 is 4.74 Å². The molecule has 4 rings (SSSR count). The summed E-state index contributed by atoms with van der Waals surface area (Å²) in [5, 5.41) is 3.75. The Kier molecular flexibility index (Phi) is 5.81. The van der Waals surface area contributed by atoms with Crippen LogP contribution in [0.25, 0.3) is 0 Å². The quantitative estimate of drug-likeness (QED) is 0.462. The van der Waals surface area contributed by atoms with Gasteiger partial charge in [0, 0.05) is 64.6 Å². The molecule has 3 fully saturated rings. The third kappa shape index (κ3) is 3.78. The molecule has 0 aromatic carbocycles. The van der Waals surface area contributed by atoms with Crippen LogP contribution in [0.5, 0.6) is 0 Å². The average Bonchev–Trinajstić information content (AvgIpc) is 3.44. The van der Waals surface area contributed by atoms with Crippen LogP contribution >= 0.6 is 0 Å². The second kappa shape index (κ2) is 8.28. The molecule has 1 atom stereocenters. The van der Waals surface area contributed by atoms with Crippen molar-refractivity contribution in [3.05, 3.63) is 12.2 Å². The van der Waals surface area contributed by atoms with Crippen LogP contribution in [0.4, 0.5) is 0 Å². The van der Waals surface area contributed by atoms with Gasteiger partial charge in [-0.15, -0.1) is 0 Å². The fourth-order valence-electron chi connectivity index (χ4n) is 5.15. The molecule has 6 nitrogen and oxygen atoms in total. The van der Waals surface area contributed by atoms with Gasteiger partial charge in [-0.2, -0.15) is 0 Å². The minimum Gasteiger partial charge on any atom is -0.381 e. The molecule has 0 spiro atoms.